The minimum Gasteiger partial charge on any atom is -0.310 e. The van der Waals surface area contributed by atoms with E-state index in [9.17, 15) is 22.8 Å². The standard InChI is InChI=1S/C6H3F3N2O3/c7-6(8,9)5(13)14-11-2-1-4(12)3-10-11/h1-3H. The molecule has 0 unspecified atom stereocenters. The quantitative estimate of drug-likeness (QED) is 0.639. The van der Waals surface area contributed by atoms with E-state index in [0.29, 0.717) is 6.20 Å². The van der Waals surface area contributed by atoms with Gasteiger partial charge in [-0.15, -0.1) is 5.10 Å². The molecule has 1 rings (SSSR count). The molecule has 0 radical (unpaired) electrons. The Hall–Kier alpha value is -1.86. The van der Waals surface area contributed by atoms with Gasteiger partial charge in [-0.25, -0.2) is 4.79 Å². The van der Waals surface area contributed by atoms with Gasteiger partial charge in [0.15, 0.2) is 5.43 Å². The van der Waals surface area contributed by atoms with Crippen LogP contribution >= 0.6 is 0 Å². The minimum atomic E-state index is -5.09. The van der Waals surface area contributed by atoms with Crippen molar-refractivity contribution in [2.45, 2.75) is 6.18 Å². The van der Waals surface area contributed by atoms with Crippen LogP contribution in [0.4, 0.5) is 13.2 Å². The lowest BCUT2D eigenvalue weighted by Gasteiger charge is -2.06. The number of carbonyl (C=O) groups excluding carboxylic acids is 1. The summed E-state index contributed by atoms with van der Waals surface area (Å²) in [5.41, 5.74) is -0.510. The molecular formula is C6H3F3N2O3. The highest BCUT2D eigenvalue weighted by atomic mass is 19.4. The molecule has 14 heavy (non-hydrogen) atoms. The van der Waals surface area contributed by atoms with Crippen LogP contribution in [0.1, 0.15) is 0 Å². The fourth-order valence-corrected chi connectivity index (χ4v) is 0.523. The van der Waals surface area contributed by atoms with Crippen LogP contribution in [0.5, 0.6) is 0 Å². The van der Waals surface area contributed by atoms with Gasteiger partial charge in [-0.05, 0) is 0 Å². The first kappa shape index (κ1) is 10.2. The molecule has 0 aliphatic heterocycles. The molecule has 5 nitrogen and oxygen atoms in total. The second kappa shape index (κ2) is 3.48. The third-order valence-corrected chi connectivity index (χ3v) is 1.07. The second-order valence-electron chi connectivity index (χ2n) is 2.14. The Labute approximate surface area is 74.7 Å². The van der Waals surface area contributed by atoms with Crippen molar-refractivity contribution < 1.29 is 22.8 Å². The van der Waals surface area contributed by atoms with Gasteiger partial charge in [0.05, 0.1) is 12.4 Å². The van der Waals surface area contributed by atoms with Gasteiger partial charge in [-0.3, -0.25) is 4.79 Å². The highest BCUT2D eigenvalue weighted by molar-refractivity contribution is 5.75. The van der Waals surface area contributed by atoms with Crippen molar-refractivity contribution >= 4 is 5.97 Å². The van der Waals surface area contributed by atoms with Crippen LogP contribution in [0.2, 0.25) is 0 Å². The average molecular weight is 208 g/mol. The largest absolute Gasteiger partial charge is 0.493 e. The summed E-state index contributed by atoms with van der Waals surface area (Å²) >= 11 is 0. The van der Waals surface area contributed by atoms with Gasteiger partial charge in [-0.1, -0.05) is 4.85 Å². The minimum absolute atomic E-state index is 0.247. The first-order valence-corrected chi connectivity index (χ1v) is 3.24. The van der Waals surface area contributed by atoms with Gasteiger partial charge < -0.3 is 4.84 Å². The van der Waals surface area contributed by atoms with E-state index in [2.05, 4.69) is 9.94 Å². The number of hydrogen-bond acceptors (Lipinski definition) is 4. The van der Waals surface area contributed by atoms with E-state index < -0.39 is 17.6 Å². The molecule has 1 heterocycles. The summed E-state index contributed by atoms with van der Waals surface area (Å²) in [5, 5.41) is 3.09. The molecule has 1 aromatic heterocycles. The van der Waals surface area contributed by atoms with Crippen LogP contribution < -0.4 is 10.3 Å². The Morgan fingerprint density at radius 2 is 2.14 bits per heavy atom. The second-order valence-corrected chi connectivity index (χ2v) is 2.14. The first-order chi connectivity index (χ1) is 6.39. The third kappa shape index (κ3) is 2.57. The lowest BCUT2D eigenvalue weighted by atomic mass is 10.6. The highest BCUT2D eigenvalue weighted by Gasteiger charge is 2.42. The Balaban J connectivity index is 2.75. The third-order valence-electron chi connectivity index (χ3n) is 1.07. The van der Waals surface area contributed by atoms with Gasteiger partial charge in [0.1, 0.15) is 0 Å². The summed E-state index contributed by atoms with van der Waals surface area (Å²) in [6, 6.07) is 0.899. The predicted octanol–water partition coefficient (Wildman–Crippen LogP) is -0.239. The fourth-order valence-electron chi connectivity index (χ4n) is 0.523. The zero-order valence-electron chi connectivity index (χ0n) is 6.49. The monoisotopic (exact) mass is 208 g/mol. The smallest absolute Gasteiger partial charge is 0.310 e. The van der Waals surface area contributed by atoms with E-state index in [1.54, 1.807) is 0 Å². The lowest BCUT2D eigenvalue weighted by Crippen LogP contribution is -2.34. The van der Waals surface area contributed by atoms with Crippen LogP contribution in [0.25, 0.3) is 0 Å². The number of alkyl halides is 3. The van der Waals surface area contributed by atoms with Crippen molar-refractivity contribution in [3.63, 3.8) is 0 Å². The van der Waals surface area contributed by atoms with Gasteiger partial charge in [0, 0.05) is 6.07 Å². The molecule has 0 spiro atoms. The van der Waals surface area contributed by atoms with E-state index in [1.807, 2.05) is 0 Å². The van der Waals surface area contributed by atoms with Crippen LogP contribution in [-0.2, 0) is 4.79 Å². The van der Waals surface area contributed by atoms with Gasteiger partial charge in [0.25, 0.3) is 0 Å². The van der Waals surface area contributed by atoms with E-state index in [0.717, 1.165) is 12.3 Å². The molecule has 0 atom stereocenters. The summed E-state index contributed by atoms with van der Waals surface area (Å²) in [6.07, 6.45) is -3.58. The lowest BCUT2D eigenvalue weighted by molar-refractivity contribution is -0.201. The SMILES string of the molecule is O=C(On1ccc(=O)cn1)C(F)(F)F. The van der Waals surface area contributed by atoms with Crippen molar-refractivity contribution in [2.75, 3.05) is 0 Å². The molecule has 0 N–H and O–H groups in total. The number of halogens is 3. The number of carbonyl (C=O) groups is 1. The first-order valence-electron chi connectivity index (χ1n) is 3.24. The van der Waals surface area contributed by atoms with Crippen molar-refractivity contribution in [1.29, 1.82) is 0 Å². The van der Waals surface area contributed by atoms with Gasteiger partial charge >= 0.3 is 12.1 Å². The maximum absolute atomic E-state index is 11.6. The van der Waals surface area contributed by atoms with Crippen LogP contribution in [-0.4, -0.2) is 22.1 Å². The predicted molar refractivity (Wildman–Crippen MR) is 36.1 cm³/mol. The molecule has 0 fully saturated rings. The van der Waals surface area contributed by atoms with Crippen molar-refractivity contribution in [2.24, 2.45) is 0 Å². The fraction of sp³-hybridized carbons (Fsp3) is 0.167. The molecule has 0 aliphatic carbocycles. The van der Waals surface area contributed by atoms with Crippen LogP contribution in [0.15, 0.2) is 23.3 Å². The van der Waals surface area contributed by atoms with Gasteiger partial charge in [-0.2, -0.15) is 13.2 Å². The van der Waals surface area contributed by atoms with Crippen LogP contribution in [0, 0.1) is 0 Å². The highest BCUT2D eigenvalue weighted by Crippen LogP contribution is 2.14. The number of nitrogens with zero attached hydrogens (tertiary/aromatic N) is 2. The molecule has 0 saturated carbocycles. The molecule has 0 aromatic carbocycles. The molecule has 0 aliphatic rings. The summed E-state index contributed by atoms with van der Waals surface area (Å²) in [4.78, 5) is 24.7. The summed E-state index contributed by atoms with van der Waals surface area (Å²) in [6.45, 7) is 0. The topological polar surface area (TPSA) is 61.2 Å². The Morgan fingerprint density at radius 3 is 2.57 bits per heavy atom. The van der Waals surface area contributed by atoms with Gasteiger partial charge in [0.2, 0.25) is 0 Å². The molecule has 0 saturated heterocycles. The average Bonchev–Trinajstić information content (AvgIpc) is 2.07. The van der Waals surface area contributed by atoms with E-state index in [-0.39, 0.29) is 4.85 Å². The molecule has 8 heteroatoms. The molecule has 1 aromatic rings. The Bertz CT molecular complexity index is 378. The number of hydrogen-bond donors (Lipinski definition) is 0. The molecule has 0 bridgehead atoms. The molecule has 76 valence electrons. The van der Waals surface area contributed by atoms with E-state index >= 15 is 0 Å². The molecule has 0 amide bonds. The maximum Gasteiger partial charge on any atom is 0.493 e. The summed E-state index contributed by atoms with van der Waals surface area (Å²) in [7, 11) is 0. The van der Waals surface area contributed by atoms with Crippen LogP contribution in [0.3, 0.4) is 0 Å². The number of aromatic nitrogens is 2. The maximum atomic E-state index is 11.6. The Kier molecular flexibility index (Phi) is 2.54. The summed E-state index contributed by atoms with van der Waals surface area (Å²) < 4.78 is 34.9. The van der Waals surface area contributed by atoms with E-state index in [4.69, 9.17) is 0 Å². The Morgan fingerprint density at radius 1 is 1.50 bits per heavy atom. The zero-order valence-corrected chi connectivity index (χ0v) is 6.49. The van der Waals surface area contributed by atoms with Crippen molar-refractivity contribution in [3.8, 4) is 0 Å². The summed E-state index contributed by atoms with van der Waals surface area (Å²) in [5.74, 6) is -2.41. The van der Waals surface area contributed by atoms with Crippen molar-refractivity contribution in [3.05, 3.63) is 28.7 Å². The zero-order chi connectivity index (χ0) is 10.8. The van der Waals surface area contributed by atoms with Crippen molar-refractivity contribution in [1.82, 2.24) is 9.94 Å². The number of rotatable bonds is 1. The normalized spacial score (nSPS) is 11.1. The molecular weight excluding hydrogens is 205 g/mol. The van der Waals surface area contributed by atoms with E-state index in [1.165, 1.54) is 0 Å².